The van der Waals surface area contributed by atoms with Gasteiger partial charge in [0.1, 0.15) is 5.58 Å². The van der Waals surface area contributed by atoms with Crippen molar-refractivity contribution in [3.8, 4) is 0 Å². The second kappa shape index (κ2) is 2.06. The highest BCUT2D eigenvalue weighted by Crippen LogP contribution is 2.21. The zero-order chi connectivity index (χ0) is 6.97. The van der Waals surface area contributed by atoms with Crippen molar-refractivity contribution >= 4 is 23.6 Å². The van der Waals surface area contributed by atoms with Crippen molar-refractivity contribution in [1.82, 2.24) is 0 Å². The van der Waals surface area contributed by atoms with Gasteiger partial charge in [0.2, 0.25) is 0 Å². The lowest BCUT2D eigenvalue weighted by Crippen LogP contribution is -1.64. The fraction of sp³-hybridized carbons (Fsp3) is 0. The number of fused-ring (bicyclic) bond motifs is 1. The highest BCUT2D eigenvalue weighted by atomic mass is 32.1. The van der Waals surface area contributed by atoms with Gasteiger partial charge in [-0.05, 0) is 18.2 Å². The van der Waals surface area contributed by atoms with E-state index in [-0.39, 0.29) is 0 Å². The van der Waals surface area contributed by atoms with Crippen LogP contribution >= 0.6 is 12.6 Å². The zero-order valence-electron chi connectivity index (χ0n) is 5.24. The van der Waals surface area contributed by atoms with Crippen molar-refractivity contribution in [3.63, 3.8) is 0 Å². The predicted molar refractivity (Wildman–Crippen MR) is 43.5 cm³/mol. The van der Waals surface area contributed by atoms with Crippen LogP contribution in [0.4, 0.5) is 0 Å². The van der Waals surface area contributed by atoms with E-state index in [0.29, 0.717) is 0 Å². The average Bonchev–Trinajstić information content (AvgIpc) is 2.36. The highest BCUT2D eigenvalue weighted by molar-refractivity contribution is 7.80. The maximum atomic E-state index is 5.15. The Morgan fingerprint density at radius 1 is 1.20 bits per heavy atom. The molecule has 2 aromatic rings. The van der Waals surface area contributed by atoms with Gasteiger partial charge in [0.25, 0.3) is 0 Å². The summed E-state index contributed by atoms with van der Waals surface area (Å²) in [4.78, 5) is 0.964. The second-order valence-corrected chi connectivity index (χ2v) is 2.59. The van der Waals surface area contributed by atoms with Gasteiger partial charge >= 0.3 is 0 Å². The van der Waals surface area contributed by atoms with E-state index < -0.39 is 0 Å². The molecule has 50 valence electrons. The van der Waals surface area contributed by atoms with Crippen LogP contribution in [0.15, 0.2) is 39.8 Å². The number of hydrogen-bond donors (Lipinski definition) is 1. The van der Waals surface area contributed by atoms with Gasteiger partial charge in [-0.15, -0.1) is 12.6 Å². The first kappa shape index (κ1) is 5.86. The molecule has 0 radical (unpaired) electrons. The zero-order valence-corrected chi connectivity index (χ0v) is 6.14. The lowest BCUT2D eigenvalue weighted by Gasteiger charge is -1.89. The Morgan fingerprint density at radius 3 is 2.90 bits per heavy atom. The summed E-state index contributed by atoms with van der Waals surface area (Å²) in [5.41, 5.74) is 0.896. The van der Waals surface area contributed by atoms with Gasteiger partial charge in [-0.3, -0.25) is 0 Å². The van der Waals surface area contributed by atoms with Gasteiger partial charge in [-0.2, -0.15) is 0 Å². The number of hydrogen-bond acceptors (Lipinski definition) is 2. The van der Waals surface area contributed by atoms with Crippen LogP contribution < -0.4 is 0 Å². The summed E-state index contributed by atoms with van der Waals surface area (Å²) in [6.07, 6.45) is 1.67. The standard InChI is InChI=1S/C8H6OS/c10-8-3-1-2-7-6(8)4-5-9-7/h1-5,10H. The number of furan rings is 1. The molecule has 0 unspecified atom stereocenters. The van der Waals surface area contributed by atoms with Gasteiger partial charge in [0.05, 0.1) is 6.26 Å². The van der Waals surface area contributed by atoms with Crippen LogP contribution in [-0.2, 0) is 0 Å². The normalized spacial score (nSPS) is 10.5. The third-order valence-corrected chi connectivity index (χ3v) is 1.86. The number of thiol groups is 1. The van der Waals surface area contributed by atoms with E-state index in [0.717, 1.165) is 15.9 Å². The summed E-state index contributed by atoms with van der Waals surface area (Å²) >= 11 is 4.26. The molecule has 10 heavy (non-hydrogen) atoms. The van der Waals surface area contributed by atoms with E-state index >= 15 is 0 Å². The molecule has 0 fully saturated rings. The summed E-state index contributed by atoms with van der Waals surface area (Å²) in [5.74, 6) is 0. The van der Waals surface area contributed by atoms with Gasteiger partial charge in [-0.25, -0.2) is 0 Å². The maximum Gasteiger partial charge on any atom is 0.134 e. The predicted octanol–water partition coefficient (Wildman–Crippen LogP) is 2.72. The molecular weight excluding hydrogens is 144 g/mol. The van der Waals surface area contributed by atoms with Crippen molar-refractivity contribution in [2.24, 2.45) is 0 Å². The third kappa shape index (κ3) is 0.727. The molecule has 0 spiro atoms. The molecule has 0 atom stereocenters. The van der Waals surface area contributed by atoms with Gasteiger partial charge < -0.3 is 4.42 Å². The van der Waals surface area contributed by atoms with Crippen molar-refractivity contribution in [3.05, 3.63) is 30.5 Å². The molecule has 0 bridgehead atoms. The second-order valence-electron chi connectivity index (χ2n) is 2.11. The van der Waals surface area contributed by atoms with E-state index in [9.17, 15) is 0 Å². The van der Waals surface area contributed by atoms with Crippen LogP contribution in [0.25, 0.3) is 11.0 Å². The lowest BCUT2D eigenvalue weighted by atomic mass is 10.3. The van der Waals surface area contributed by atoms with Crippen LogP contribution in [0, 0.1) is 0 Å². The molecule has 0 aliphatic rings. The Kier molecular flexibility index (Phi) is 1.21. The van der Waals surface area contributed by atoms with E-state index in [1.807, 2.05) is 24.3 Å². The van der Waals surface area contributed by atoms with E-state index in [2.05, 4.69) is 12.6 Å². The average molecular weight is 150 g/mol. The Balaban J connectivity index is 2.95. The molecule has 0 saturated heterocycles. The Morgan fingerprint density at radius 2 is 2.10 bits per heavy atom. The first-order valence-electron chi connectivity index (χ1n) is 3.03. The van der Waals surface area contributed by atoms with Crippen LogP contribution in [0.1, 0.15) is 0 Å². The Labute approximate surface area is 64.1 Å². The topological polar surface area (TPSA) is 13.1 Å². The fourth-order valence-electron chi connectivity index (χ4n) is 0.978. The summed E-state index contributed by atoms with van der Waals surface area (Å²) < 4.78 is 5.15. The molecule has 0 aliphatic heterocycles. The molecule has 1 aromatic heterocycles. The molecule has 1 nitrogen and oxygen atoms in total. The van der Waals surface area contributed by atoms with Crippen LogP contribution in [0.3, 0.4) is 0 Å². The first-order chi connectivity index (χ1) is 4.88. The summed E-state index contributed by atoms with van der Waals surface area (Å²) in [6, 6.07) is 7.71. The lowest BCUT2D eigenvalue weighted by molar-refractivity contribution is 0.615. The van der Waals surface area contributed by atoms with Crippen molar-refractivity contribution in [1.29, 1.82) is 0 Å². The minimum atomic E-state index is 0.896. The van der Waals surface area contributed by atoms with Gasteiger partial charge in [0, 0.05) is 10.3 Å². The largest absolute Gasteiger partial charge is 0.464 e. The Hall–Kier alpha value is -0.890. The van der Waals surface area contributed by atoms with Gasteiger partial charge in [0.15, 0.2) is 0 Å². The summed E-state index contributed by atoms with van der Waals surface area (Å²) in [7, 11) is 0. The molecule has 0 N–H and O–H groups in total. The minimum absolute atomic E-state index is 0.896. The molecule has 2 rings (SSSR count). The molecule has 1 aromatic carbocycles. The quantitative estimate of drug-likeness (QED) is 0.570. The van der Waals surface area contributed by atoms with E-state index in [1.54, 1.807) is 6.26 Å². The van der Waals surface area contributed by atoms with Crippen molar-refractivity contribution in [2.45, 2.75) is 4.90 Å². The Bertz CT molecular complexity index is 351. The molecule has 0 aliphatic carbocycles. The van der Waals surface area contributed by atoms with E-state index in [1.165, 1.54) is 0 Å². The molecule has 2 heteroatoms. The van der Waals surface area contributed by atoms with Crippen LogP contribution in [0.5, 0.6) is 0 Å². The van der Waals surface area contributed by atoms with Crippen molar-refractivity contribution in [2.75, 3.05) is 0 Å². The fourth-order valence-corrected chi connectivity index (χ4v) is 1.25. The molecular formula is C8H6OS. The highest BCUT2D eigenvalue weighted by Gasteiger charge is 1.96. The van der Waals surface area contributed by atoms with Crippen LogP contribution in [-0.4, -0.2) is 0 Å². The monoisotopic (exact) mass is 150 g/mol. The molecule has 0 saturated carbocycles. The summed E-state index contributed by atoms with van der Waals surface area (Å²) in [5, 5.41) is 1.07. The molecule has 1 heterocycles. The smallest absolute Gasteiger partial charge is 0.134 e. The SMILES string of the molecule is Sc1cccc2occc12. The minimum Gasteiger partial charge on any atom is -0.464 e. The number of benzene rings is 1. The number of rotatable bonds is 0. The van der Waals surface area contributed by atoms with Gasteiger partial charge in [-0.1, -0.05) is 6.07 Å². The van der Waals surface area contributed by atoms with E-state index in [4.69, 9.17) is 4.42 Å². The maximum absolute atomic E-state index is 5.15. The third-order valence-electron chi connectivity index (χ3n) is 1.47. The first-order valence-corrected chi connectivity index (χ1v) is 3.48. The van der Waals surface area contributed by atoms with Crippen LogP contribution in [0.2, 0.25) is 0 Å². The summed E-state index contributed by atoms with van der Waals surface area (Å²) in [6.45, 7) is 0. The molecule has 0 amide bonds. The van der Waals surface area contributed by atoms with Crippen molar-refractivity contribution < 1.29 is 4.42 Å².